The van der Waals surface area contributed by atoms with Crippen LogP contribution < -0.4 is 5.32 Å². The van der Waals surface area contributed by atoms with E-state index in [9.17, 15) is 0 Å². The van der Waals surface area contributed by atoms with Crippen LogP contribution in [0.1, 0.15) is 58.3 Å². The van der Waals surface area contributed by atoms with Gasteiger partial charge >= 0.3 is 0 Å². The minimum atomic E-state index is 0.809. The Morgan fingerprint density at radius 3 is 2.40 bits per heavy atom. The summed E-state index contributed by atoms with van der Waals surface area (Å²) in [5.74, 6) is 3.17. The van der Waals surface area contributed by atoms with Crippen molar-refractivity contribution >= 4 is 0 Å². The molecule has 0 aromatic heterocycles. The summed E-state index contributed by atoms with van der Waals surface area (Å²) >= 11 is 0. The molecule has 0 heterocycles. The smallest absolute Gasteiger partial charge is 0.0104 e. The molecule has 0 bridgehead atoms. The maximum atomic E-state index is 3.86. The molecule has 1 heteroatoms. The SMILES string of the molecule is CC(NC1CC1C1CCCCC1)C1CC1. The molecule has 0 aromatic carbocycles. The molecule has 3 saturated carbocycles. The molecular weight excluding hydrogens is 182 g/mol. The van der Waals surface area contributed by atoms with Crippen LogP contribution in [0.4, 0.5) is 0 Å². The molecular formula is C14H25N. The highest BCUT2D eigenvalue weighted by Gasteiger charge is 2.44. The molecule has 0 spiro atoms. The molecule has 1 nitrogen and oxygen atoms in total. The van der Waals surface area contributed by atoms with Crippen molar-refractivity contribution in [1.82, 2.24) is 5.32 Å². The largest absolute Gasteiger partial charge is 0.311 e. The molecule has 15 heavy (non-hydrogen) atoms. The van der Waals surface area contributed by atoms with Crippen molar-refractivity contribution in [3.63, 3.8) is 0 Å². The highest BCUT2D eigenvalue weighted by molar-refractivity contribution is 5.00. The van der Waals surface area contributed by atoms with Crippen LogP contribution in [0.3, 0.4) is 0 Å². The summed E-state index contributed by atoms with van der Waals surface area (Å²) in [7, 11) is 0. The Labute approximate surface area is 94.0 Å². The molecule has 3 unspecified atom stereocenters. The first-order valence-electron chi connectivity index (χ1n) is 7.10. The highest BCUT2D eigenvalue weighted by Crippen LogP contribution is 2.45. The van der Waals surface area contributed by atoms with Gasteiger partial charge in [-0.15, -0.1) is 0 Å². The second-order valence-electron chi connectivity index (χ2n) is 6.20. The second-order valence-corrected chi connectivity index (χ2v) is 6.20. The van der Waals surface area contributed by atoms with Crippen LogP contribution in [0.2, 0.25) is 0 Å². The van der Waals surface area contributed by atoms with E-state index < -0.39 is 0 Å². The summed E-state index contributed by atoms with van der Waals surface area (Å²) in [6.45, 7) is 2.40. The van der Waals surface area contributed by atoms with E-state index in [-0.39, 0.29) is 0 Å². The quantitative estimate of drug-likeness (QED) is 0.745. The van der Waals surface area contributed by atoms with Gasteiger partial charge in [0.25, 0.3) is 0 Å². The Bertz CT molecular complexity index is 215. The van der Waals surface area contributed by atoms with Crippen molar-refractivity contribution in [2.24, 2.45) is 17.8 Å². The summed E-state index contributed by atoms with van der Waals surface area (Å²) in [4.78, 5) is 0. The van der Waals surface area contributed by atoms with Crippen molar-refractivity contribution in [3.8, 4) is 0 Å². The lowest BCUT2D eigenvalue weighted by Gasteiger charge is -2.22. The summed E-state index contributed by atoms with van der Waals surface area (Å²) in [5.41, 5.74) is 0. The lowest BCUT2D eigenvalue weighted by Crippen LogP contribution is -2.32. The van der Waals surface area contributed by atoms with E-state index in [1.165, 1.54) is 51.4 Å². The molecule has 3 aliphatic carbocycles. The van der Waals surface area contributed by atoms with E-state index in [0.29, 0.717) is 0 Å². The maximum absolute atomic E-state index is 3.86. The van der Waals surface area contributed by atoms with Crippen molar-refractivity contribution in [3.05, 3.63) is 0 Å². The number of rotatable bonds is 4. The molecule has 0 aromatic rings. The Balaban J connectivity index is 1.42. The molecule has 0 aliphatic heterocycles. The van der Waals surface area contributed by atoms with Gasteiger partial charge in [-0.3, -0.25) is 0 Å². The zero-order chi connectivity index (χ0) is 10.3. The van der Waals surface area contributed by atoms with Crippen LogP contribution in [-0.2, 0) is 0 Å². The number of hydrogen-bond acceptors (Lipinski definition) is 1. The third-order valence-corrected chi connectivity index (χ3v) is 4.90. The van der Waals surface area contributed by atoms with E-state index in [1.807, 2.05) is 0 Å². The van der Waals surface area contributed by atoms with Crippen molar-refractivity contribution in [1.29, 1.82) is 0 Å². The van der Waals surface area contributed by atoms with Gasteiger partial charge in [-0.05, 0) is 43.9 Å². The van der Waals surface area contributed by atoms with Gasteiger partial charge in [-0.25, -0.2) is 0 Å². The van der Waals surface area contributed by atoms with E-state index in [1.54, 1.807) is 0 Å². The third-order valence-electron chi connectivity index (χ3n) is 4.90. The average molecular weight is 207 g/mol. The van der Waals surface area contributed by atoms with Gasteiger partial charge in [0.15, 0.2) is 0 Å². The van der Waals surface area contributed by atoms with Crippen LogP contribution >= 0.6 is 0 Å². The number of nitrogens with one attached hydrogen (secondary N) is 1. The van der Waals surface area contributed by atoms with Gasteiger partial charge in [-0.2, -0.15) is 0 Å². The Morgan fingerprint density at radius 1 is 1.00 bits per heavy atom. The van der Waals surface area contributed by atoms with Crippen LogP contribution in [0, 0.1) is 17.8 Å². The Hall–Kier alpha value is -0.0400. The molecule has 0 radical (unpaired) electrons. The average Bonchev–Trinajstić information content (AvgIpc) is 3.14. The molecule has 3 aliphatic rings. The van der Waals surface area contributed by atoms with Crippen molar-refractivity contribution in [2.75, 3.05) is 0 Å². The van der Waals surface area contributed by atoms with Gasteiger partial charge in [0.05, 0.1) is 0 Å². The van der Waals surface area contributed by atoms with Crippen molar-refractivity contribution in [2.45, 2.75) is 70.4 Å². The third kappa shape index (κ3) is 2.38. The Morgan fingerprint density at radius 2 is 1.73 bits per heavy atom. The van der Waals surface area contributed by atoms with E-state index in [4.69, 9.17) is 0 Å². The van der Waals surface area contributed by atoms with Gasteiger partial charge in [0.2, 0.25) is 0 Å². The first kappa shape index (κ1) is 10.1. The standard InChI is InChI=1S/C14H25N/c1-10(11-7-8-11)15-14-9-13(14)12-5-3-2-4-6-12/h10-15H,2-9H2,1H3. The van der Waals surface area contributed by atoms with E-state index in [0.717, 1.165) is 29.8 Å². The van der Waals surface area contributed by atoms with Crippen molar-refractivity contribution < 1.29 is 0 Å². The minimum Gasteiger partial charge on any atom is -0.311 e. The minimum absolute atomic E-state index is 0.809. The van der Waals surface area contributed by atoms with Crippen LogP contribution in [0.25, 0.3) is 0 Å². The number of hydrogen-bond donors (Lipinski definition) is 1. The van der Waals surface area contributed by atoms with Crippen LogP contribution in [0.5, 0.6) is 0 Å². The van der Waals surface area contributed by atoms with E-state index in [2.05, 4.69) is 12.2 Å². The monoisotopic (exact) mass is 207 g/mol. The van der Waals surface area contributed by atoms with Crippen LogP contribution in [-0.4, -0.2) is 12.1 Å². The van der Waals surface area contributed by atoms with Crippen LogP contribution in [0.15, 0.2) is 0 Å². The first-order valence-corrected chi connectivity index (χ1v) is 7.10. The highest BCUT2D eigenvalue weighted by atomic mass is 15.0. The fourth-order valence-electron chi connectivity index (χ4n) is 3.56. The molecule has 3 rings (SSSR count). The molecule has 1 N–H and O–H groups in total. The molecule has 0 saturated heterocycles. The Kier molecular flexibility index (Phi) is 2.76. The van der Waals surface area contributed by atoms with Gasteiger partial charge < -0.3 is 5.32 Å². The summed E-state index contributed by atoms with van der Waals surface area (Å²) in [5, 5.41) is 3.86. The predicted molar refractivity (Wildman–Crippen MR) is 63.8 cm³/mol. The van der Waals surface area contributed by atoms with Gasteiger partial charge in [0, 0.05) is 12.1 Å². The molecule has 86 valence electrons. The van der Waals surface area contributed by atoms with Gasteiger partial charge in [0.1, 0.15) is 0 Å². The summed E-state index contributed by atoms with van der Waals surface area (Å²) < 4.78 is 0. The summed E-state index contributed by atoms with van der Waals surface area (Å²) in [6.07, 6.45) is 12.0. The summed E-state index contributed by atoms with van der Waals surface area (Å²) in [6, 6.07) is 1.72. The maximum Gasteiger partial charge on any atom is 0.0104 e. The van der Waals surface area contributed by atoms with E-state index >= 15 is 0 Å². The lowest BCUT2D eigenvalue weighted by molar-refractivity contribution is 0.307. The molecule has 3 fully saturated rings. The first-order chi connectivity index (χ1) is 7.34. The predicted octanol–water partition coefficient (Wildman–Crippen LogP) is 3.34. The molecule has 0 amide bonds. The fourth-order valence-corrected chi connectivity index (χ4v) is 3.56. The normalized spacial score (nSPS) is 39.0. The lowest BCUT2D eigenvalue weighted by atomic mass is 9.85. The van der Waals surface area contributed by atoms with Gasteiger partial charge in [-0.1, -0.05) is 32.1 Å². The zero-order valence-electron chi connectivity index (χ0n) is 10.0. The second kappa shape index (κ2) is 4.08. The topological polar surface area (TPSA) is 12.0 Å². The molecule has 3 atom stereocenters. The fraction of sp³-hybridized carbons (Fsp3) is 1.00. The zero-order valence-corrected chi connectivity index (χ0v) is 10.0.